The second-order valence-electron chi connectivity index (χ2n) is 11.7. The molecule has 9 aromatic rings. The molecule has 0 fully saturated rings. The van der Waals surface area contributed by atoms with Crippen LogP contribution in [-0.4, -0.2) is 9.55 Å². The Labute approximate surface area is 284 Å². The Bertz CT molecular complexity index is 2960. The van der Waals surface area contributed by atoms with Gasteiger partial charge in [0.1, 0.15) is 5.82 Å². The molecule has 0 aliphatic rings. The molecule has 2 heteroatoms. The molecule has 9 rings (SSSR count). The van der Waals surface area contributed by atoms with Gasteiger partial charge in [-0.25, -0.2) is 4.98 Å². The van der Waals surface area contributed by atoms with Gasteiger partial charge in [0.25, 0.3) is 0 Å². The van der Waals surface area contributed by atoms with E-state index < -0.39 is 18.1 Å². The van der Waals surface area contributed by atoms with E-state index in [2.05, 4.69) is 66.1 Å². The smallest absolute Gasteiger partial charge is 0.114 e. The van der Waals surface area contributed by atoms with Crippen LogP contribution in [0, 0.1) is 0 Å². The van der Waals surface area contributed by atoms with Gasteiger partial charge in [-0.3, -0.25) is 4.57 Å². The van der Waals surface area contributed by atoms with Gasteiger partial charge in [0.2, 0.25) is 0 Å². The van der Waals surface area contributed by atoms with Crippen LogP contribution in [0.3, 0.4) is 0 Å². The van der Waals surface area contributed by atoms with Crippen LogP contribution in [0.1, 0.15) is 22.3 Å². The molecule has 0 saturated carbocycles. The van der Waals surface area contributed by atoms with Crippen molar-refractivity contribution in [1.82, 2.24) is 9.55 Å². The third kappa shape index (κ3) is 4.53. The standard InChI is InChI=1S/C45H32N2/c1-2-43-46-41-23-9-10-24-42(41)47(43)36-18-12-16-33(29-36)32-15-11-17-34(28-32)44-37-19-5-7-21-39(37)45(40-22-8-6-20-38(40)44)35-26-25-30-13-3-4-14-31(30)27-35/h3-29H,2H2,1H3/i3D,4D,13D,14D,25D,26D,27D. The number of para-hydroxylation sites is 2. The Morgan fingerprint density at radius 3 is 1.87 bits per heavy atom. The summed E-state index contributed by atoms with van der Waals surface area (Å²) in [4.78, 5) is 4.89. The molecule has 1 aromatic heterocycles. The second kappa shape index (κ2) is 11.1. The van der Waals surface area contributed by atoms with Crippen molar-refractivity contribution in [3.8, 4) is 39.1 Å². The van der Waals surface area contributed by atoms with Gasteiger partial charge in [-0.15, -0.1) is 0 Å². The first-order valence-electron chi connectivity index (χ1n) is 19.3. The first-order valence-corrected chi connectivity index (χ1v) is 15.8. The van der Waals surface area contributed by atoms with Crippen LogP contribution in [0.15, 0.2) is 164 Å². The summed E-state index contributed by atoms with van der Waals surface area (Å²) < 4.78 is 63.6. The number of fused-ring (bicyclic) bond motifs is 4. The topological polar surface area (TPSA) is 17.8 Å². The quantitative estimate of drug-likeness (QED) is 0.178. The van der Waals surface area contributed by atoms with E-state index >= 15 is 0 Å². The summed E-state index contributed by atoms with van der Waals surface area (Å²) in [5, 5.41) is 3.18. The third-order valence-electron chi connectivity index (χ3n) is 8.97. The summed E-state index contributed by atoms with van der Waals surface area (Å²) in [6.07, 6.45) is 0.795. The Morgan fingerprint density at radius 2 is 1.15 bits per heavy atom. The number of nitrogens with zero attached hydrogens (tertiary/aromatic N) is 2. The molecular formula is C45H32N2. The molecule has 0 N–H and O–H groups in total. The van der Waals surface area contributed by atoms with Crippen molar-refractivity contribution in [2.24, 2.45) is 0 Å². The summed E-state index contributed by atoms with van der Waals surface area (Å²) in [5.74, 6) is 0.996. The zero-order valence-electron chi connectivity index (χ0n) is 32.6. The normalized spacial score (nSPS) is 13.7. The molecular weight excluding hydrogens is 569 g/mol. The number of imidazole rings is 1. The molecule has 0 aliphatic heterocycles. The Kier molecular flexibility index (Phi) is 4.95. The van der Waals surface area contributed by atoms with E-state index in [1.54, 1.807) is 0 Å². The van der Waals surface area contributed by atoms with Crippen molar-refractivity contribution in [1.29, 1.82) is 0 Å². The summed E-state index contributed by atoms with van der Waals surface area (Å²) in [6.45, 7) is 2.12. The lowest BCUT2D eigenvalue weighted by Gasteiger charge is -2.18. The molecule has 222 valence electrons. The van der Waals surface area contributed by atoms with Gasteiger partial charge >= 0.3 is 0 Å². The lowest BCUT2D eigenvalue weighted by atomic mass is 9.85. The maximum Gasteiger partial charge on any atom is 0.114 e. The van der Waals surface area contributed by atoms with E-state index in [4.69, 9.17) is 11.8 Å². The lowest BCUT2D eigenvalue weighted by molar-refractivity contribution is 0.908. The van der Waals surface area contributed by atoms with Crippen LogP contribution >= 0.6 is 0 Å². The number of aromatic nitrogens is 2. The maximum atomic E-state index is 9.39. The van der Waals surface area contributed by atoms with Crippen LogP contribution in [0.25, 0.3) is 82.4 Å². The van der Waals surface area contributed by atoms with E-state index in [1.165, 1.54) is 0 Å². The van der Waals surface area contributed by atoms with Gasteiger partial charge in [-0.05, 0) is 102 Å². The molecule has 0 aliphatic carbocycles. The number of rotatable bonds is 5. The van der Waals surface area contributed by atoms with Crippen molar-refractivity contribution in [2.75, 3.05) is 0 Å². The van der Waals surface area contributed by atoms with Gasteiger partial charge in [0.05, 0.1) is 20.6 Å². The first-order chi connectivity index (χ1) is 26.2. The molecule has 0 radical (unpaired) electrons. The van der Waals surface area contributed by atoms with Crippen LogP contribution in [0.5, 0.6) is 0 Å². The van der Waals surface area contributed by atoms with Gasteiger partial charge < -0.3 is 0 Å². The Hall–Kier alpha value is -5.99. The van der Waals surface area contributed by atoms with E-state index in [9.17, 15) is 2.74 Å². The highest BCUT2D eigenvalue weighted by Gasteiger charge is 2.17. The van der Waals surface area contributed by atoms with Crippen LogP contribution in [0.2, 0.25) is 0 Å². The fourth-order valence-electron chi connectivity index (χ4n) is 6.89. The Morgan fingerprint density at radius 1 is 0.553 bits per heavy atom. The molecule has 8 aromatic carbocycles. The number of hydrogen-bond donors (Lipinski definition) is 0. The monoisotopic (exact) mass is 607 g/mol. The molecule has 0 atom stereocenters. The molecule has 1 heterocycles. The largest absolute Gasteiger partial charge is 0.296 e. The van der Waals surface area contributed by atoms with Crippen molar-refractivity contribution < 1.29 is 9.60 Å². The summed E-state index contributed by atoms with van der Waals surface area (Å²) >= 11 is 0. The first kappa shape index (κ1) is 20.9. The fraction of sp³-hybridized carbons (Fsp3) is 0.0444. The zero-order valence-corrected chi connectivity index (χ0v) is 25.6. The van der Waals surface area contributed by atoms with Gasteiger partial charge in [-0.2, -0.15) is 0 Å². The number of benzene rings is 8. The van der Waals surface area contributed by atoms with Gasteiger partial charge in [0.15, 0.2) is 0 Å². The maximum absolute atomic E-state index is 9.39. The van der Waals surface area contributed by atoms with Crippen molar-refractivity contribution in [3.63, 3.8) is 0 Å². The third-order valence-corrected chi connectivity index (χ3v) is 8.97. The number of hydrogen-bond acceptors (Lipinski definition) is 1. The van der Waals surface area contributed by atoms with Crippen molar-refractivity contribution in [3.05, 3.63) is 169 Å². The zero-order chi connectivity index (χ0) is 37.4. The molecule has 0 amide bonds. The predicted molar refractivity (Wildman–Crippen MR) is 199 cm³/mol. The van der Waals surface area contributed by atoms with Gasteiger partial charge in [-0.1, -0.05) is 134 Å². The molecule has 0 spiro atoms. The minimum atomic E-state index is -0.484. The highest BCUT2D eigenvalue weighted by molar-refractivity contribution is 6.21. The van der Waals surface area contributed by atoms with Crippen LogP contribution in [-0.2, 0) is 6.42 Å². The van der Waals surface area contributed by atoms with Crippen LogP contribution < -0.4 is 0 Å². The lowest BCUT2D eigenvalue weighted by Crippen LogP contribution is -2.00. The predicted octanol–water partition coefficient (Wildman–Crippen LogP) is 12.0. The summed E-state index contributed by atoms with van der Waals surface area (Å²) in [6, 6.07) is 38.4. The molecule has 0 bridgehead atoms. The highest BCUT2D eigenvalue weighted by atomic mass is 15.1. The van der Waals surface area contributed by atoms with Gasteiger partial charge in [0, 0.05) is 12.1 Å². The van der Waals surface area contributed by atoms with Crippen molar-refractivity contribution >= 4 is 43.4 Å². The summed E-state index contributed by atoms with van der Waals surface area (Å²) in [7, 11) is 0. The van der Waals surface area contributed by atoms with E-state index in [0.717, 1.165) is 72.8 Å². The molecule has 47 heavy (non-hydrogen) atoms. The van der Waals surface area contributed by atoms with E-state index in [1.807, 2.05) is 66.7 Å². The highest BCUT2D eigenvalue weighted by Crippen LogP contribution is 2.44. The molecule has 0 unspecified atom stereocenters. The SMILES string of the molecule is [2H]c1c([2H])c([2H])c2c([2H])c(-c3c4ccccc4c(-c4cccc(-c5cccc(-n6c(CC)nc7ccccc76)c5)c4)c4ccccc34)c([2H])c([2H])c2c1[2H]. The average Bonchev–Trinajstić information content (AvgIpc) is 3.59. The molecule has 2 nitrogen and oxygen atoms in total. The van der Waals surface area contributed by atoms with Crippen LogP contribution in [0.4, 0.5) is 0 Å². The number of aryl methyl sites for hydroxylation is 1. The average molecular weight is 608 g/mol. The van der Waals surface area contributed by atoms with E-state index in [-0.39, 0.29) is 40.5 Å². The summed E-state index contributed by atoms with van der Waals surface area (Å²) in [5.41, 5.74) is 7.90. The van der Waals surface area contributed by atoms with Crippen molar-refractivity contribution in [2.45, 2.75) is 13.3 Å². The Balaban J connectivity index is 1.28. The minimum Gasteiger partial charge on any atom is -0.296 e. The van der Waals surface area contributed by atoms with E-state index in [0.29, 0.717) is 5.56 Å². The molecule has 0 saturated heterocycles. The minimum absolute atomic E-state index is 0.0566. The second-order valence-corrected chi connectivity index (χ2v) is 11.7. The fourth-order valence-corrected chi connectivity index (χ4v) is 6.89.